The van der Waals surface area contributed by atoms with Crippen molar-refractivity contribution in [2.75, 3.05) is 11.1 Å². The van der Waals surface area contributed by atoms with Crippen molar-refractivity contribution in [3.05, 3.63) is 46.1 Å². The number of nitrogens with one attached hydrogen (secondary N) is 1. The molecule has 0 saturated carbocycles. The lowest BCUT2D eigenvalue weighted by molar-refractivity contribution is -0.385. The van der Waals surface area contributed by atoms with Gasteiger partial charge in [-0.3, -0.25) is 10.1 Å². The Kier molecular flexibility index (Phi) is 3.05. The first-order chi connectivity index (χ1) is 8.56. The third kappa shape index (κ3) is 2.51. The molecule has 0 radical (unpaired) electrons. The smallest absolute Gasteiger partial charge is 0.274 e. The lowest BCUT2D eigenvalue weighted by atomic mass is 10.2. The summed E-state index contributed by atoms with van der Waals surface area (Å²) in [5, 5.41) is 13.7. The van der Waals surface area contributed by atoms with Gasteiger partial charge in [0.25, 0.3) is 5.69 Å². The number of nitrogens with two attached hydrogens (primary N) is 1. The van der Waals surface area contributed by atoms with E-state index in [0.717, 1.165) is 0 Å². The summed E-state index contributed by atoms with van der Waals surface area (Å²) in [5.41, 5.74) is 6.70. The Hall–Kier alpha value is -2.70. The minimum atomic E-state index is -0.430. The van der Waals surface area contributed by atoms with Crippen LogP contribution in [0.4, 0.5) is 23.1 Å². The van der Waals surface area contributed by atoms with Crippen LogP contribution in [0.1, 0.15) is 5.56 Å². The molecule has 7 heteroatoms. The van der Waals surface area contributed by atoms with E-state index in [0.29, 0.717) is 23.0 Å². The lowest BCUT2D eigenvalue weighted by Gasteiger charge is -2.05. The number of hydrogen-bond acceptors (Lipinski definition) is 6. The summed E-state index contributed by atoms with van der Waals surface area (Å²) in [5.74, 6) is 0.627. The van der Waals surface area contributed by atoms with E-state index in [1.54, 1.807) is 25.1 Å². The molecule has 0 atom stereocenters. The third-order valence-electron chi connectivity index (χ3n) is 2.34. The van der Waals surface area contributed by atoms with E-state index in [-0.39, 0.29) is 5.69 Å². The van der Waals surface area contributed by atoms with Crippen LogP contribution in [-0.2, 0) is 0 Å². The Morgan fingerprint density at radius 3 is 2.83 bits per heavy atom. The number of nitro groups is 1. The first kappa shape index (κ1) is 11.8. The molecule has 0 bridgehead atoms. The van der Waals surface area contributed by atoms with Gasteiger partial charge >= 0.3 is 0 Å². The SMILES string of the molecule is Cc1ccc(Nc2nccc(N)n2)cc1[N+](=O)[O-]. The average Bonchev–Trinajstić information content (AvgIpc) is 2.31. The molecule has 2 aromatic rings. The van der Waals surface area contributed by atoms with Gasteiger partial charge in [0, 0.05) is 23.5 Å². The molecule has 18 heavy (non-hydrogen) atoms. The molecular formula is C11H11N5O2. The van der Waals surface area contributed by atoms with Gasteiger partial charge in [-0.1, -0.05) is 6.07 Å². The molecule has 0 amide bonds. The van der Waals surface area contributed by atoms with Crippen LogP contribution in [-0.4, -0.2) is 14.9 Å². The van der Waals surface area contributed by atoms with Gasteiger partial charge in [0.2, 0.25) is 5.95 Å². The summed E-state index contributed by atoms with van der Waals surface area (Å²) in [6, 6.07) is 6.37. The quantitative estimate of drug-likeness (QED) is 0.632. The molecule has 1 aromatic heterocycles. The topological polar surface area (TPSA) is 107 Å². The van der Waals surface area contributed by atoms with Crippen LogP contribution >= 0.6 is 0 Å². The molecule has 3 N–H and O–H groups in total. The monoisotopic (exact) mass is 245 g/mol. The molecule has 2 rings (SSSR count). The second-order valence-corrected chi connectivity index (χ2v) is 3.69. The Balaban J connectivity index is 2.30. The van der Waals surface area contributed by atoms with Gasteiger partial charge in [-0.25, -0.2) is 4.98 Å². The fraction of sp³-hybridized carbons (Fsp3) is 0.0909. The van der Waals surface area contributed by atoms with Gasteiger partial charge < -0.3 is 11.1 Å². The third-order valence-corrected chi connectivity index (χ3v) is 2.34. The van der Waals surface area contributed by atoms with Crippen molar-refractivity contribution in [1.29, 1.82) is 0 Å². The second kappa shape index (κ2) is 4.66. The maximum atomic E-state index is 10.8. The average molecular weight is 245 g/mol. The first-order valence-corrected chi connectivity index (χ1v) is 5.17. The van der Waals surface area contributed by atoms with E-state index in [4.69, 9.17) is 5.73 Å². The molecule has 1 heterocycles. The number of rotatable bonds is 3. The normalized spacial score (nSPS) is 10.1. The van der Waals surface area contributed by atoms with Crippen LogP contribution in [0.2, 0.25) is 0 Å². The number of aryl methyl sites for hydroxylation is 1. The predicted molar refractivity (Wildman–Crippen MR) is 67.6 cm³/mol. The number of aromatic nitrogens is 2. The molecular weight excluding hydrogens is 234 g/mol. The zero-order valence-corrected chi connectivity index (χ0v) is 9.62. The number of hydrogen-bond donors (Lipinski definition) is 2. The number of nitro benzene ring substituents is 1. The molecule has 0 unspecified atom stereocenters. The molecule has 92 valence electrons. The summed E-state index contributed by atoms with van der Waals surface area (Å²) in [6.45, 7) is 1.68. The number of benzene rings is 1. The van der Waals surface area contributed by atoms with Crippen molar-refractivity contribution in [1.82, 2.24) is 9.97 Å². The van der Waals surface area contributed by atoms with E-state index in [2.05, 4.69) is 15.3 Å². The Labute approximate surface area is 103 Å². The fourth-order valence-electron chi connectivity index (χ4n) is 1.45. The van der Waals surface area contributed by atoms with Crippen LogP contribution in [0.3, 0.4) is 0 Å². The Morgan fingerprint density at radius 1 is 1.39 bits per heavy atom. The number of nitrogens with zero attached hydrogens (tertiary/aromatic N) is 3. The van der Waals surface area contributed by atoms with Crippen molar-refractivity contribution >= 4 is 23.1 Å². The van der Waals surface area contributed by atoms with Crippen molar-refractivity contribution in [3.8, 4) is 0 Å². The van der Waals surface area contributed by atoms with Gasteiger partial charge in [0.05, 0.1) is 4.92 Å². The fourth-order valence-corrected chi connectivity index (χ4v) is 1.45. The zero-order chi connectivity index (χ0) is 13.1. The number of anilines is 3. The highest BCUT2D eigenvalue weighted by molar-refractivity contribution is 5.60. The van der Waals surface area contributed by atoms with Gasteiger partial charge in [-0.05, 0) is 19.1 Å². The molecule has 0 spiro atoms. The molecule has 0 fully saturated rings. The highest BCUT2D eigenvalue weighted by atomic mass is 16.6. The zero-order valence-electron chi connectivity index (χ0n) is 9.62. The summed E-state index contributed by atoms with van der Waals surface area (Å²) in [4.78, 5) is 18.3. The maximum Gasteiger partial charge on any atom is 0.274 e. The van der Waals surface area contributed by atoms with Gasteiger partial charge in [0.1, 0.15) is 5.82 Å². The van der Waals surface area contributed by atoms with Crippen LogP contribution in [0.25, 0.3) is 0 Å². The van der Waals surface area contributed by atoms with Gasteiger partial charge in [-0.15, -0.1) is 0 Å². The Morgan fingerprint density at radius 2 is 2.17 bits per heavy atom. The molecule has 0 saturated heterocycles. The molecule has 0 aliphatic carbocycles. The molecule has 0 aliphatic heterocycles. The van der Waals surface area contributed by atoms with E-state index in [1.165, 1.54) is 12.3 Å². The highest BCUT2D eigenvalue weighted by Gasteiger charge is 2.11. The van der Waals surface area contributed by atoms with Crippen molar-refractivity contribution < 1.29 is 4.92 Å². The summed E-state index contributed by atoms with van der Waals surface area (Å²) in [7, 11) is 0. The van der Waals surface area contributed by atoms with Gasteiger partial charge in [0.15, 0.2) is 0 Å². The molecule has 1 aromatic carbocycles. The highest BCUT2D eigenvalue weighted by Crippen LogP contribution is 2.23. The summed E-state index contributed by atoms with van der Waals surface area (Å²) < 4.78 is 0. The van der Waals surface area contributed by atoms with Crippen LogP contribution < -0.4 is 11.1 Å². The van der Waals surface area contributed by atoms with E-state index in [9.17, 15) is 10.1 Å². The minimum absolute atomic E-state index is 0.0453. The Bertz CT molecular complexity index is 600. The standard InChI is InChI=1S/C11H11N5O2/c1-7-2-3-8(6-9(7)16(17)18)14-11-13-5-4-10(12)15-11/h2-6H,1H3,(H3,12,13,14,15). The van der Waals surface area contributed by atoms with Crippen molar-refractivity contribution in [2.45, 2.75) is 6.92 Å². The summed E-state index contributed by atoms with van der Waals surface area (Å²) >= 11 is 0. The lowest BCUT2D eigenvalue weighted by Crippen LogP contribution is -2.00. The van der Waals surface area contributed by atoms with Crippen LogP contribution in [0.5, 0.6) is 0 Å². The predicted octanol–water partition coefficient (Wildman–Crippen LogP) is 2.02. The first-order valence-electron chi connectivity index (χ1n) is 5.17. The van der Waals surface area contributed by atoms with Gasteiger partial charge in [-0.2, -0.15) is 4.98 Å². The van der Waals surface area contributed by atoms with Crippen molar-refractivity contribution in [2.24, 2.45) is 0 Å². The van der Waals surface area contributed by atoms with Crippen molar-refractivity contribution in [3.63, 3.8) is 0 Å². The largest absolute Gasteiger partial charge is 0.384 e. The van der Waals surface area contributed by atoms with E-state index in [1.807, 2.05) is 0 Å². The number of nitrogen functional groups attached to an aromatic ring is 1. The summed E-state index contributed by atoms with van der Waals surface area (Å²) in [6.07, 6.45) is 1.51. The minimum Gasteiger partial charge on any atom is -0.384 e. The van der Waals surface area contributed by atoms with Crippen LogP contribution in [0.15, 0.2) is 30.5 Å². The maximum absolute atomic E-state index is 10.8. The second-order valence-electron chi connectivity index (χ2n) is 3.69. The van der Waals surface area contributed by atoms with Crippen LogP contribution in [0, 0.1) is 17.0 Å². The molecule has 7 nitrogen and oxygen atoms in total. The van der Waals surface area contributed by atoms with E-state index >= 15 is 0 Å². The van der Waals surface area contributed by atoms with E-state index < -0.39 is 4.92 Å². The molecule has 0 aliphatic rings.